The van der Waals surface area contributed by atoms with Crippen molar-refractivity contribution in [2.75, 3.05) is 0 Å². The van der Waals surface area contributed by atoms with Gasteiger partial charge < -0.3 is 0 Å². The summed E-state index contributed by atoms with van der Waals surface area (Å²) in [5, 5.41) is 9.20. The number of aromatic nitrogens is 1. The van der Waals surface area contributed by atoms with Crippen molar-refractivity contribution in [3.05, 3.63) is 40.4 Å². The summed E-state index contributed by atoms with van der Waals surface area (Å²) in [6, 6.07) is 5.82. The molecular formula is C13H10F2N2S. The Balaban J connectivity index is 2.33. The van der Waals surface area contributed by atoms with E-state index in [0.29, 0.717) is 23.4 Å². The molecule has 0 amide bonds. The van der Waals surface area contributed by atoms with Gasteiger partial charge in [-0.05, 0) is 31.5 Å². The van der Waals surface area contributed by atoms with Crippen molar-refractivity contribution in [2.45, 2.75) is 19.8 Å². The summed E-state index contributed by atoms with van der Waals surface area (Å²) in [6.45, 7) is 1.85. The maximum absolute atomic E-state index is 13.1. The lowest BCUT2D eigenvalue weighted by atomic mass is 10.2. The molecule has 0 N–H and O–H groups in total. The second-order valence-corrected chi connectivity index (χ2v) is 4.90. The summed E-state index contributed by atoms with van der Waals surface area (Å²) >= 11 is 1.42. The van der Waals surface area contributed by atoms with Gasteiger partial charge in [0.15, 0.2) is 11.6 Å². The van der Waals surface area contributed by atoms with Crippen LogP contribution >= 0.6 is 11.3 Å². The van der Waals surface area contributed by atoms with Crippen LogP contribution in [0.2, 0.25) is 0 Å². The monoisotopic (exact) mass is 264 g/mol. The van der Waals surface area contributed by atoms with E-state index in [2.05, 4.69) is 11.1 Å². The van der Waals surface area contributed by atoms with Crippen molar-refractivity contribution < 1.29 is 8.78 Å². The molecule has 0 spiro atoms. The average Bonchev–Trinajstić information content (AvgIpc) is 2.72. The molecule has 0 atom stereocenters. The topological polar surface area (TPSA) is 36.7 Å². The second-order valence-electron chi connectivity index (χ2n) is 3.81. The fraction of sp³-hybridized carbons (Fsp3) is 0.231. The Morgan fingerprint density at radius 1 is 1.33 bits per heavy atom. The fourth-order valence-electron chi connectivity index (χ4n) is 1.58. The van der Waals surface area contributed by atoms with Crippen molar-refractivity contribution in [3.63, 3.8) is 0 Å². The number of hydrogen-bond acceptors (Lipinski definition) is 3. The third-order valence-corrected chi connectivity index (χ3v) is 3.79. The van der Waals surface area contributed by atoms with E-state index in [4.69, 9.17) is 5.26 Å². The second kappa shape index (κ2) is 5.23. The molecule has 0 saturated carbocycles. The van der Waals surface area contributed by atoms with Gasteiger partial charge in [0.1, 0.15) is 5.01 Å². The molecule has 0 saturated heterocycles. The molecule has 1 aromatic carbocycles. The minimum absolute atomic E-state index is 0.431. The van der Waals surface area contributed by atoms with Crippen LogP contribution in [0.5, 0.6) is 0 Å². The number of aryl methyl sites for hydroxylation is 2. The molecule has 1 heterocycles. The van der Waals surface area contributed by atoms with E-state index in [1.165, 1.54) is 17.4 Å². The number of nitriles is 1. The van der Waals surface area contributed by atoms with Crippen LogP contribution < -0.4 is 0 Å². The molecule has 0 bridgehead atoms. The number of benzene rings is 1. The molecule has 0 aliphatic heterocycles. The Hall–Kier alpha value is -1.80. The van der Waals surface area contributed by atoms with Crippen molar-refractivity contribution in [3.8, 4) is 16.6 Å². The summed E-state index contributed by atoms with van der Waals surface area (Å²) in [5.41, 5.74) is 1.40. The van der Waals surface area contributed by atoms with Crippen LogP contribution in [0.25, 0.3) is 10.6 Å². The smallest absolute Gasteiger partial charge is 0.159 e. The SMILES string of the molecule is Cc1nc(-c2ccc(F)c(F)c2)sc1CCC#N. The summed E-state index contributed by atoms with van der Waals surface area (Å²) in [5.74, 6) is -1.74. The maximum atomic E-state index is 13.1. The molecule has 0 unspecified atom stereocenters. The van der Waals surface area contributed by atoms with Crippen molar-refractivity contribution in [2.24, 2.45) is 0 Å². The molecule has 0 radical (unpaired) electrons. The molecule has 2 rings (SSSR count). The van der Waals surface area contributed by atoms with E-state index in [9.17, 15) is 8.78 Å². The Labute approximate surface area is 108 Å². The van der Waals surface area contributed by atoms with Crippen LogP contribution in [0.15, 0.2) is 18.2 Å². The molecule has 2 aromatic rings. The minimum atomic E-state index is -0.876. The summed E-state index contributed by atoms with van der Waals surface area (Å²) in [6.07, 6.45) is 1.07. The highest BCUT2D eigenvalue weighted by Crippen LogP contribution is 2.29. The molecule has 0 aliphatic carbocycles. The number of hydrogen-bond donors (Lipinski definition) is 0. The first-order chi connectivity index (χ1) is 8.61. The molecular weight excluding hydrogens is 254 g/mol. The van der Waals surface area contributed by atoms with E-state index >= 15 is 0 Å². The van der Waals surface area contributed by atoms with Crippen LogP contribution in [0.1, 0.15) is 17.0 Å². The Kier molecular flexibility index (Phi) is 3.68. The first-order valence-electron chi connectivity index (χ1n) is 5.40. The first-order valence-corrected chi connectivity index (χ1v) is 6.22. The highest BCUT2D eigenvalue weighted by atomic mass is 32.1. The average molecular weight is 264 g/mol. The summed E-state index contributed by atoms with van der Waals surface area (Å²) in [7, 11) is 0. The Morgan fingerprint density at radius 2 is 2.11 bits per heavy atom. The van der Waals surface area contributed by atoms with Crippen LogP contribution in [-0.2, 0) is 6.42 Å². The third kappa shape index (κ3) is 2.54. The van der Waals surface area contributed by atoms with Crippen molar-refractivity contribution in [1.29, 1.82) is 5.26 Å². The summed E-state index contributed by atoms with van der Waals surface area (Å²) in [4.78, 5) is 5.34. The standard InChI is InChI=1S/C13H10F2N2S/c1-8-12(3-2-6-16)18-13(17-8)9-4-5-10(14)11(15)7-9/h4-5,7H,2-3H2,1H3. The van der Waals surface area contributed by atoms with Crippen molar-refractivity contribution in [1.82, 2.24) is 4.98 Å². The zero-order valence-electron chi connectivity index (χ0n) is 9.70. The Bertz CT molecular complexity index is 614. The van der Waals surface area contributed by atoms with Gasteiger partial charge in [-0.2, -0.15) is 5.26 Å². The minimum Gasteiger partial charge on any atom is -0.241 e. The van der Waals surface area contributed by atoms with Crippen LogP contribution in [0.4, 0.5) is 8.78 Å². The van der Waals surface area contributed by atoms with Gasteiger partial charge in [-0.3, -0.25) is 0 Å². The van der Waals surface area contributed by atoms with E-state index in [0.717, 1.165) is 22.7 Å². The van der Waals surface area contributed by atoms with Gasteiger partial charge in [0.25, 0.3) is 0 Å². The lowest BCUT2D eigenvalue weighted by molar-refractivity contribution is 0.509. The first kappa shape index (κ1) is 12.7. The molecule has 5 heteroatoms. The predicted octanol–water partition coefficient (Wildman–Crippen LogP) is 3.85. The van der Waals surface area contributed by atoms with Gasteiger partial charge in [-0.25, -0.2) is 13.8 Å². The van der Waals surface area contributed by atoms with E-state index in [-0.39, 0.29) is 0 Å². The highest BCUT2D eigenvalue weighted by Gasteiger charge is 2.11. The van der Waals surface area contributed by atoms with Gasteiger partial charge in [-0.15, -0.1) is 11.3 Å². The Morgan fingerprint density at radius 3 is 2.78 bits per heavy atom. The van der Waals surface area contributed by atoms with Crippen LogP contribution in [0, 0.1) is 29.9 Å². The lowest BCUT2D eigenvalue weighted by Gasteiger charge is -1.97. The lowest BCUT2D eigenvalue weighted by Crippen LogP contribution is -1.85. The van der Waals surface area contributed by atoms with Crippen LogP contribution in [-0.4, -0.2) is 4.98 Å². The van der Waals surface area contributed by atoms with Crippen molar-refractivity contribution >= 4 is 11.3 Å². The molecule has 1 aromatic heterocycles. The third-order valence-electron chi connectivity index (χ3n) is 2.52. The van der Waals surface area contributed by atoms with Gasteiger partial charge in [0, 0.05) is 16.9 Å². The van der Waals surface area contributed by atoms with E-state index in [1.54, 1.807) is 0 Å². The molecule has 0 fully saturated rings. The van der Waals surface area contributed by atoms with Crippen LogP contribution in [0.3, 0.4) is 0 Å². The molecule has 18 heavy (non-hydrogen) atoms. The van der Waals surface area contributed by atoms with Gasteiger partial charge in [0.2, 0.25) is 0 Å². The van der Waals surface area contributed by atoms with Gasteiger partial charge in [-0.1, -0.05) is 0 Å². The highest BCUT2D eigenvalue weighted by molar-refractivity contribution is 7.15. The molecule has 92 valence electrons. The van der Waals surface area contributed by atoms with E-state index in [1.807, 2.05) is 6.92 Å². The quantitative estimate of drug-likeness (QED) is 0.844. The zero-order chi connectivity index (χ0) is 13.1. The van der Waals surface area contributed by atoms with Gasteiger partial charge >= 0.3 is 0 Å². The maximum Gasteiger partial charge on any atom is 0.159 e. The number of halogens is 2. The summed E-state index contributed by atoms with van der Waals surface area (Å²) < 4.78 is 26.0. The predicted molar refractivity (Wildman–Crippen MR) is 66.1 cm³/mol. The zero-order valence-corrected chi connectivity index (χ0v) is 10.5. The fourth-order valence-corrected chi connectivity index (χ4v) is 2.64. The number of thiazole rings is 1. The number of rotatable bonds is 3. The largest absolute Gasteiger partial charge is 0.241 e. The normalized spacial score (nSPS) is 10.3. The molecule has 0 aliphatic rings. The number of nitrogens with zero attached hydrogens (tertiary/aromatic N) is 2. The van der Waals surface area contributed by atoms with E-state index < -0.39 is 11.6 Å². The molecule has 2 nitrogen and oxygen atoms in total. The van der Waals surface area contributed by atoms with Gasteiger partial charge in [0.05, 0.1) is 11.8 Å².